The average molecular weight is 312 g/mol. The lowest BCUT2D eigenvalue weighted by Gasteiger charge is -2.24. The molecule has 2 heterocycles. The Morgan fingerprint density at radius 1 is 1.35 bits per heavy atom. The van der Waals surface area contributed by atoms with E-state index in [1.54, 1.807) is 6.20 Å². The van der Waals surface area contributed by atoms with Crippen molar-refractivity contribution in [1.82, 2.24) is 19.9 Å². The summed E-state index contributed by atoms with van der Waals surface area (Å²) in [5, 5.41) is 7.85. The summed E-state index contributed by atoms with van der Waals surface area (Å²) in [6.45, 7) is 5.83. The standard InChI is InChI=1S/C18H24N4O/c1-14-5-6-16(15(2)12-14)7-8-18(23)22-10-3-4-17(22)13-21-11-9-19-20-21/h5-6,9,11-12,17H,3-4,7-8,10,13H2,1-2H3/t17-/m0/s1. The van der Waals surface area contributed by atoms with Gasteiger partial charge in [-0.15, -0.1) is 5.10 Å². The van der Waals surface area contributed by atoms with E-state index in [9.17, 15) is 4.79 Å². The first-order valence-corrected chi connectivity index (χ1v) is 8.33. The van der Waals surface area contributed by atoms with Gasteiger partial charge in [-0.2, -0.15) is 0 Å². The van der Waals surface area contributed by atoms with Crippen LogP contribution in [0.4, 0.5) is 0 Å². The van der Waals surface area contributed by atoms with E-state index in [-0.39, 0.29) is 11.9 Å². The molecule has 2 aromatic rings. The first kappa shape index (κ1) is 15.7. The molecule has 1 atom stereocenters. The van der Waals surface area contributed by atoms with E-state index < -0.39 is 0 Å². The molecule has 0 spiro atoms. The number of amides is 1. The number of likely N-dealkylation sites (tertiary alicyclic amines) is 1. The Morgan fingerprint density at radius 3 is 2.96 bits per heavy atom. The molecule has 0 unspecified atom stereocenters. The Labute approximate surface area is 137 Å². The van der Waals surface area contributed by atoms with E-state index in [2.05, 4.69) is 42.4 Å². The minimum atomic E-state index is 0.253. The molecule has 1 aliphatic heterocycles. The van der Waals surface area contributed by atoms with Gasteiger partial charge >= 0.3 is 0 Å². The summed E-state index contributed by atoms with van der Waals surface area (Å²) in [4.78, 5) is 14.6. The van der Waals surface area contributed by atoms with Crippen molar-refractivity contribution in [1.29, 1.82) is 0 Å². The Kier molecular flexibility index (Phi) is 4.74. The summed E-state index contributed by atoms with van der Waals surface area (Å²) in [5.41, 5.74) is 3.82. The number of nitrogens with zero attached hydrogens (tertiary/aromatic N) is 4. The molecule has 122 valence electrons. The zero-order valence-corrected chi connectivity index (χ0v) is 13.9. The van der Waals surface area contributed by atoms with Gasteiger partial charge in [-0.1, -0.05) is 29.0 Å². The molecule has 0 bridgehead atoms. The van der Waals surface area contributed by atoms with Crippen molar-refractivity contribution in [3.05, 3.63) is 47.3 Å². The van der Waals surface area contributed by atoms with Gasteiger partial charge in [0.15, 0.2) is 0 Å². The minimum Gasteiger partial charge on any atom is -0.338 e. The van der Waals surface area contributed by atoms with Crippen LogP contribution < -0.4 is 0 Å². The molecule has 0 radical (unpaired) electrons. The first-order chi connectivity index (χ1) is 11.1. The van der Waals surface area contributed by atoms with Crippen molar-refractivity contribution in [2.45, 2.75) is 52.1 Å². The quantitative estimate of drug-likeness (QED) is 0.852. The summed E-state index contributed by atoms with van der Waals surface area (Å²) < 4.78 is 1.82. The van der Waals surface area contributed by atoms with E-state index >= 15 is 0 Å². The lowest BCUT2D eigenvalue weighted by atomic mass is 10.0. The molecule has 5 nitrogen and oxygen atoms in total. The van der Waals surface area contributed by atoms with Gasteiger partial charge in [0, 0.05) is 19.2 Å². The van der Waals surface area contributed by atoms with Crippen molar-refractivity contribution in [2.24, 2.45) is 0 Å². The van der Waals surface area contributed by atoms with E-state index in [4.69, 9.17) is 0 Å². The number of hydrogen-bond acceptors (Lipinski definition) is 3. The van der Waals surface area contributed by atoms with Gasteiger partial charge in [-0.05, 0) is 44.2 Å². The van der Waals surface area contributed by atoms with Gasteiger partial charge in [0.25, 0.3) is 0 Å². The van der Waals surface area contributed by atoms with E-state index in [0.717, 1.165) is 32.4 Å². The average Bonchev–Trinajstić information content (AvgIpc) is 3.18. The fourth-order valence-electron chi connectivity index (χ4n) is 3.41. The number of aryl methyl sites for hydroxylation is 3. The second kappa shape index (κ2) is 6.94. The molecule has 23 heavy (non-hydrogen) atoms. The van der Waals surface area contributed by atoms with E-state index in [0.29, 0.717) is 6.42 Å². The second-order valence-electron chi connectivity index (χ2n) is 6.44. The number of carbonyl (C=O) groups is 1. The number of carbonyl (C=O) groups excluding carboxylic acids is 1. The van der Waals surface area contributed by atoms with Crippen molar-refractivity contribution >= 4 is 5.91 Å². The maximum Gasteiger partial charge on any atom is 0.223 e. The largest absolute Gasteiger partial charge is 0.338 e. The van der Waals surface area contributed by atoms with Crippen LogP contribution in [0.1, 0.15) is 36.0 Å². The molecular formula is C18H24N4O. The second-order valence-corrected chi connectivity index (χ2v) is 6.44. The van der Waals surface area contributed by atoms with Crippen LogP contribution >= 0.6 is 0 Å². The van der Waals surface area contributed by atoms with Crippen LogP contribution in [0.3, 0.4) is 0 Å². The number of hydrogen-bond donors (Lipinski definition) is 0. The highest BCUT2D eigenvalue weighted by Gasteiger charge is 2.28. The molecule has 1 aliphatic rings. The van der Waals surface area contributed by atoms with E-state index in [1.165, 1.54) is 16.7 Å². The van der Waals surface area contributed by atoms with Crippen LogP contribution in [-0.4, -0.2) is 38.4 Å². The highest BCUT2D eigenvalue weighted by atomic mass is 16.2. The molecular weight excluding hydrogens is 288 g/mol. The Morgan fingerprint density at radius 2 is 2.22 bits per heavy atom. The fourth-order valence-corrected chi connectivity index (χ4v) is 3.41. The van der Waals surface area contributed by atoms with E-state index in [1.807, 2.05) is 15.8 Å². The first-order valence-electron chi connectivity index (χ1n) is 8.33. The molecule has 3 rings (SSSR count). The lowest BCUT2D eigenvalue weighted by molar-refractivity contribution is -0.132. The molecule has 5 heteroatoms. The smallest absolute Gasteiger partial charge is 0.223 e. The topological polar surface area (TPSA) is 51.0 Å². The highest BCUT2D eigenvalue weighted by Crippen LogP contribution is 2.21. The molecule has 1 aromatic heterocycles. The molecule has 1 amide bonds. The Balaban J connectivity index is 1.58. The predicted molar refractivity (Wildman–Crippen MR) is 89.0 cm³/mol. The fraction of sp³-hybridized carbons (Fsp3) is 0.500. The van der Waals surface area contributed by atoms with Crippen LogP contribution in [-0.2, 0) is 17.8 Å². The zero-order chi connectivity index (χ0) is 16.2. The van der Waals surface area contributed by atoms with Crippen molar-refractivity contribution < 1.29 is 4.79 Å². The zero-order valence-electron chi connectivity index (χ0n) is 13.9. The molecule has 1 saturated heterocycles. The SMILES string of the molecule is Cc1ccc(CCC(=O)N2CCC[C@H]2Cn2ccnn2)c(C)c1. The van der Waals surface area contributed by atoms with Crippen LogP contribution in [0, 0.1) is 13.8 Å². The number of benzene rings is 1. The van der Waals surface area contributed by atoms with Gasteiger partial charge in [0.2, 0.25) is 5.91 Å². The lowest BCUT2D eigenvalue weighted by Crippen LogP contribution is -2.38. The third-order valence-electron chi connectivity index (χ3n) is 4.67. The van der Waals surface area contributed by atoms with Crippen molar-refractivity contribution in [2.75, 3.05) is 6.54 Å². The number of rotatable bonds is 5. The van der Waals surface area contributed by atoms with Gasteiger partial charge in [-0.25, -0.2) is 0 Å². The van der Waals surface area contributed by atoms with Crippen molar-refractivity contribution in [3.8, 4) is 0 Å². The normalized spacial score (nSPS) is 17.7. The maximum atomic E-state index is 12.6. The predicted octanol–water partition coefficient (Wildman–Crippen LogP) is 2.52. The van der Waals surface area contributed by atoms with Gasteiger partial charge in [-0.3, -0.25) is 9.48 Å². The molecule has 0 saturated carbocycles. The third kappa shape index (κ3) is 3.78. The summed E-state index contributed by atoms with van der Waals surface area (Å²) in [6.07, 6.45) is 7.07. The minimum absolute atomic E-state index is 0.253. The molecule has 1 fully saturated rings. The maximum absolute atomic E-state index is 12.6. The third-order valence-corrected chi connectivity index (χ3v) is 4.67. The summed E-state index contributed by atoms with van der Waals surface area (Å²) in [7, 11) is 0. The van der Waals surface area contributed by atoms with Crippen molar-refractivity contribution in [3.63, 3.8) is 0 Å². The van der Waals surface area contributed by atoms with Gasteiger partial charge in [0.05, 0.1) is 18.8 Å². The molecule has 1 aromatic carbocycles. The highest BCUT2D eigenvalue weighted by molar-refractivity contribution is 5.77. The summed E-state index contributed by atoms with van der Waals surface area (Å²) in [6, 6.07) is 6.71. The van der Waals surface area contributed by atoms with Crippen LogP contribution in [0.5, 0.6) is 0 Å². The molecule has 0 aliphatic carbocycles. The van der Waals surface area contributed by atoms with Crippen LogP contribution in [0.15, 0.2) is 30.6 Å². The van der Waals surface area contributed by atoms with Gasteiger partial charge in [0.1, 0.15) is 0 Å². The molecule has 0 N–H and O–H groups in total. The summed E-state index contributed by atoms with van der Waals surface area (Å²) in [5.74, 6) is 0.257. The Hall–Kier alpha value is -2.17. The number of aromatic nitrogens is 3. The monoisotopic (exact) mass is 312 g/mol. The van der Waals surface area contributed by atoms with Crippen LogP contribution in [0.2, 0.25) is 0 Å². The summed E-state index contributed by atoms with van der Waals surface area (Å²) >= 11 is 0. The Bertz CT molecular complexity index is 666. The van der Waals surface area contributed by atoms with Crippen LogP contribution in [0.25, 0.3) is 0 Å². The van der Waals surface area contributed by atoms with Gasteiger partial charge < -0.3 is 4.90 Å².